The number of anilines is 1. The Morgan fingerprint density at radius 2 is 1.68 bits per heavy atom. The highest BCUT2D eigenvalue weighted by molar-refractivity contribution is 7.92. The van der Waals surface area contributed by atoms with Crippen LogP contribution in [0.5, 0.6) is 0 Å². The van der Waals surface area contributed by atoms with Crippen LogP contribution in [0.25, 0.3) is 0 Å². The quantitative estimate of drug-likeness (QED) is 0.788. The molecule has 2 aromatic rings. The van der Waals surface area contributed by atoms with Crippen molar-refractivity contribution in [2.24, 2.45) is 5.92 Å². The molecule has 2 aromatic carbocycles. The van der Waals surface area contributed by atoms with Crippen molar-refractivity contribution in [3.63, 3.8) is 0 Å². The predicted molar refractivity (Wildman–Crippen MR) is 96.2 cm³/mol. The van der Waals surface area contributed by atoms with Crippen LogP contribution in [0.2, 0.25) is 0 Å². The second-order valence-electron chi connectivity index (χ2n) is 7.39. The van der Waals surface area contributed by atoms with E-state index in [0.29, 0.717) is 12.0 Å². The fraction of sp³-hybridized carbons (Fsp3) is 0.316. The molecule has 1 amide bonds. The summed E-state index contributed by atoms with van der Waals surface area (Å²) in [4.78, 5) is 12.5. The summed E-state index contributed by atoms with van der Waals surface area (Å²) in [5.41, 5.74) is -1.87. The maximum Gasteiger partial charge on any atom is 0.416 e. The van der Waals surface area contributed by atoms with Crippen molar-refractivity contribution in [2.45, 2.75) is 35.9 Å². The Morgan fingerprint density at radius 1 is 1.04 bits per heavy atom. The zero-order valence-corrected chi connectivity index (χ0v) is 15.4. The van der Waals surface area contributed by atoms with Crippen LogP contribution >= 0.6 is 0 Å². The van der Waals surface area contributed by atoms with Crippen molar-refractivity contribution >= 4 is 21.6 Å². The van der Waals surface area contributed by atoms with Gasteiger partial charge in [0.15, 0.2) is 0 Å². The van der Waals surface area contributed by atoms with Crippen molar-refractivity contribution in [2.75, 3.05) is 4.72 Å². The minimum absolute atomic E-state index is 0.113. The molecule has 0 spiro atoms. The summed E-state index contributed by atoms with van der Waals surface area (Å²) in [5, 5.41) is 2.84. The van der Waals surface area contributed by atoms with Gasteiger partial charge < -0.3 is 5.32 Å². The van der Waals surface area contributed by atoms with Gasteiger partial charge in [-0.15, -0.1) is 0 Å². The fourth-order valence-electron chi connectivity index (χ4n) is 3.75. The number of halogens is 3. The van der Waals surface area contributed by atoms with Crippen molar-refractivity contribution < 1.29 is 26.4 Å². The van der Waals surface area contributed by atoms with Crippen LogP contribution in [0.4, 0.5) is 18.9 Å². The van der Waals surface area contributed by atoms with Gasteiger partial charge in [-0.1, -0.05) is 18.2 Å². The summed E-state index contributed by atoms with van der Waals surface area (Å²) >= 11 is 0. The molecule has 3 aliphatic rings. The summed E-state index contributed by atoms with van der Waals surface area (Å²) in [6.07, 6.45) is -2.12. The number of hydrogen-bond donors (Lipinski definition) is 2. The molecule has 28 heavy (non-hydrogen) atoms. The van der Waals surface area contributed by atoms with E-state index in [2.05, 4.69) is 10.0 Å². The number of amides is 1. The Bertz CT molecular complexity index is 1020. The Morgan fingerprint density at radius 3 is 2.21 bits per heavy atom. The molecule has 0 radical (unpaired) electrons. The lowest BCUT2D eigenvalue weighted by atomic mass is 9.50. The first kappa shape index (κ1) is 18.8. The van der Waals surface area contributed by atoms with Crippen LogP contribution in [-0.2, 0) is 16.2 Å². The summed E-state index contributed by atoms with van der Waals surface area (Å²) in [6.45, 7) is 0. The Hall–Kier alpha value is -2.55. The molecular weight excluding hydrogens is 393 g/mol. The topological polar surface area (TPSA) is 75.3 Å². The van der Waals surface area contributed by atoms with E-state index < -0.39 is 33.4 Å². The average molecular weight is 410 g/mol. The largest absolute Gasteiger partial charge is 0.416 e. The number of benzene rings is 2. The smallest absolute Gasteiger partial charge is 0.347 e. The van der Waals surface area contributed by atoms with Gasteiger partial charge >= 0.3 is 6.18 Å². The molecule has 0 atom stereocenters. The van der Waals surface area contributed by atoms with E-state index in [4.69, 9.17) is 0 Å². The molecule has 0 aliphatic heterocycles. The number of rotatable bonds is 5. The van der Waals surface area contributed by atoms with Gasteiger partial charge in [0, 0.05) is 5.54 Å². The second kappa shape index (κ2) is 6.23. The summed E-state index contributed by atoms with van der Waals surface area (Å²) in [5.74, 6) is 0.0154. The van der Waals surface area contributed by atoms with Crippen molar-refractivity contribution in [3.05, 3.63) is 59.7 Å². The van der Waals surface area contributed by atoms with Gasteiger partial charge in [-0.3, -0.25) is 9.52 Å². The second-order valence-corrected chi connectivity index (χ2v) is 9.07. The molecule has 5 rings (SSSR count). The molecule has 3 aliphatic carbocycles. The number of hydrogen-bond acceptors (Lipinski definition) is 3. The molecular formula is C19H17F3N2O3S. The molecule has 5 nitrogen and oxygen atoms in total. The van der Waals surface area contributed by atoms with Gasteiger partial charge in [0.05, 0.1) is 21.7 Å². The monoisotopic (exact) mass is 410 g/mol. The first-order chi connectivity index (χ1) is 13.1. The average Bonchev–Trinajstić information content (AvgIpc) is 2.56. The van der Waals surface area contributed by atoms with Gasteiger partial charge in [-0.2, -0.15) is 13.2 Å². The third-order valence-corrected chi connectivity index (χ3v) is 6.69. The van der Waals surface area contributed by atoms with Crippen LogP contribution in [0.3, 0.4) is 0 Å². The van der Waals surface area contributed by atoms with Crippen LogP contribution in [0.15, 0.2) is 53.4 Å². The van der Waals surface area contributed by atoms with E-state index in [1.165, 1.54) is 24.3 Å². The fourth-order valence-corrected chi connectivity index (χ4v) is 4.84. The van der Waals surface area contributed by atoms with Gasteiger partial charge in [0.1, 0.15) is 0 Å². The molecule has 0 unspecified atom stereocenters. The Kier molecular flexibility index (Phi) is 4.18. The number of carbonyl (C=O) groups is 1. The van der Waals surface area contributed by atoms with Crippen LogP contribution in [0, 0.1) is 5.92 Å². The van der Waals surface area contributed by atoms with E-state index >= 15 is 0 Å². The van der Waals surface area contributed by atoms with Gasteiger partial charge in [-0.05, 0) is 55.5 Å². The van der Waals surface area contributed by atoms with Gasteiger partial charge in [0.25, 0.3) is 15.9 Å². The molecule has 9 heteroatoms. The number of alkyl halides is 3. The normalized spacial score (nSPS) is 23.3. The lowest BCUT2D eigenvalue weighted by Gasteiger charge is -2.61. The van der Waals surface area contributed by atoms with E-state index in [1.807, 2.05) is 0 Å². The molecule has 0 saturated heterocycles. The van der Waals surface area contributed by atoms with Gasteiger partial charge in [-0.25, -0.2) is 8.42 Å². The van der Waals surface area contributed by atoms with E-state index in [-0.39, 0.29) is 16.0 Å². The van der Waals surface area contributed by atoms with Crippen LogP contribution < -0.4 is 10.0 Å². The first-order valence-corrected chi connectivity index (χ1v) is 10.2. The zero-order valence-electron chi connectivity index (χ0n) is 14.6. The maximum atomic E-state index is 13.1. The highest BCUT2D eigenvalue weighted by Gasteiger charge is 2.57. The molecule has 3 saturated carbocycles. The van der Waals surface area contributed by atoms with E-state index in [1.54, 1.807) is 6.07 Å². The zero-order chi connectivity index (χ0) is 20.2. The molecule has 2 bridgehead atoms. The lowest BCUT2D eigenvalue weighted by molar-refractivity contribution is -0.137. The summed E-state index contributed by atoms with van der Waals surface area (Å²) in [7, 11) is -4.15. The summed E-state index contributed by atoms with van der Waals surface area (Å²) < 4.78 is 66.6. The minimum Gasteiger partial charge on any atom is -0.347 e. The first-order valence-electron chi connectivity index (χ1n) is 8.70. The molecule has 3 fully saturated rings. The Labute approximate surface area is 160 Å². The van der Waals surface area contributed by atoms with Crippen LogP contribution in [-0.4, -0.2) is 19.9 Å². The maximum absolute atomic E-state index is 13.1. The molecule has 148 valence electrons. The molecule has 0 aromatic heterocycles. The molecule has 2 N–H and O–H groups in total. The van der Waals surface area contributed by atoms with Gasteiger partial charge in [0.2, 0.25) is 0 Å². The van der Waals surface area contributed by atoms with E-state index in [0.717, 1.165) is 31.4 Å². The van der Waals surface area contributed by atoms with Crippen LogP contribution in [0.1, 0.15) is 35.2 Å². The third-order valence-electron chi connectivity index (χ3n) is 5.31. The SMILES string of the molecule is O=C(NC12CC(C1)C2)c1ccc(C(F)(F)F)cc1NS(=O)(=O)c1ccccc1. The standard InChI is InChI=1S/C19H17F3N2O3S/c20-19(21,22)13-6-7-15(17(25)23-18-9-12(10-18)11-18)16(8-13)24-28(26,27)14-4-2-1-3-5-14/h1-8,12,24H,9-11H2,(H,23,25). The predicted octanol–water partition coefficient (Wildman–Crippen LogP) is 3.79. The number of carbonyl (C=O) groups excluding carboxylic acids is 1. The summed E-state index contributed by atoms with van der Waals surface area (Å²) in [6, 6.07) is 9.68. The van der Waals surface area contributed by atoms with Crippen molar-refractivity contribution in [3.8, 4) is 0 Å². The number of sulfonamides is 1. The van der Waals surface area contributed by atoms with Crippen molar-refractivity contribution in [1.82, 2.24) is 5.32 Å². The van der Waals surface area contributed by atoms with E-state index in [9.17, 15) is 26.4 Å². The highest BCUT2D eigenvalue weighted by atomic mass is 32.2. The number of nitrogens with one attached hydrogen (secondary N) is 2. The molecule has 0 heterocycles. The Balaban J connectivity index is 1.69. The third kappa shape index (κ3) is 3.34. The minimum atomic E-state index is -4.67. The van der Waals surface area contributed by atoms with Crippen molar-refractivity contribution in [1.29, 1.82) is 0 Å². The highest BCUT2D eigenvalue weighted by Crippen LogP contribution is 2.57. The lowest BCUT2D eigenvalue weighted by Crippen LogP contribution is -2.68.